The number of β-amino-alcohol motifs (C(OH)–C–C–N with tert-alkyl or cyclic N) is 1. The summed E-state index contributed by atoms with van der Waals surface area (Å²) in [5.41, 5.74) is 5.74. The van der Waals surface area contributed by atoms with Crippen LogP contribution in [0.5, 0.6) is 0 Å². The van der Waals surface area contributed by atoms with Crippen LogP contribution in [0.3, 0.4) is 0 Å². The summed E-state index contributed by atoms with van der Waals surface area (Å²) in [6.45, 7) is 3.68. The first-order valence-corrected chi connectivity index (χ1v) is 8.71. The predicted octanol–water partition coefficient (Wildman–Crippen LogP) is 1.56. The van der Waals surface area contributed by atoms with Crippen LogP contribution in [0, 0.1) is 6.92 Å². The number of hydrogen-bond donors (Lipinski definition) is 3. The molecule has 2 atom stereocenters. The van der Waals surface area contributed by atoms with Crippen molar-refractivity contribution in [3.8, 4) is 0 Å². The summed E-state index contributed by atoms with van der Waals surface area (Å²) >= 11 is 0. The lowest BCUT2D eigenvalue weighted by Crippen LogP contribution is -2.32. The van der Waals surface area contributed by atoms with Gasteiger partial charge in [0.15, 0.2) is 5.65 Å². The Morgan fingerprint density at radius 1 is 1.25 bits per heavy atom. The Morgan fingerprint density at radius 2 is 2.08 bits per heavy atom. The zero-order valence-electron chi connectivity index (χ0n) is 14.6. The molecule has 0 bridgehead atoms. The van der Waals surface area contributed by atoms with Gasteiger partial charge in [0, 0.05) is 43.0 Å². The quantitative estimate of drug-likeness (QED) is 0.794. The number of aryl methyl sites for hydroxylation is 2. The molecule has 4 rings (SSSR count). The van der Waals surface area contributed by atoms with E-state index in [2.05, 4.69) is 22.5 Å². The number of aliphatic hydroxyl groups is 1. The van der Waals surface area contributed by atoms with Gasteiger partial charge < -0.3 is 20.6 Å². The van der Waals surface area contributed by atoms with Crippen molar-refractivity contribution in [3.63, 3.8) is 0 Å². The number of nitrogens with zero attached hydrogens (tertiary/aromatic N) is 3. The van der Waals surface area contributed by atoms with Crippen molar-refractivity contribution in [1.29, 1.82) is 0 Å². The lowest BCUT2D eigenvalue weighted by atomic mass is 10.0. The van der Waals surface area contributed by atoms with E-state index in [9.17, 15) is 5.11 Å². The summed E-state index contributed by atoms with van der Waals surface area (Å²) < 4.78 is 0. The summed E-state index contributed by atoms with van der Waals surface area (Å²) in [6.07, 6.45) is 2.97. The average molecular weight is 327 g/mol. The summed E-state index contributed by atoms with van der Waals surface area (Å²) in [5, 5.41) is 18.0. The molecule has 1 aliphatic carbocycles. The van der Waals surface area contributed by atoms with Crippen LogP contribution in [-0.2, 0) is 12.8 Å². The Labute approximate surface area is 142 Å². The Kier molecular flexibility index (Phi) is 3.81. The van der Waals surface area contributed by atoms with E-state index in [1.807, 2.05) is 20.2 Å². The van der Waals surface area contributed by atoms with Crippen LogP contribution in [0.15, 0.2) is 6.07 Å². The highest BCUT2D eigenvalue weighted by Crippen LogP contribution is 2.34. The van der Waals surface area contributed by atoms with Crippen LogP contribution < -0.4 is 10.6 Å². The monoisotopic (exact) mass is 327 g/mol. The van der Waals surface area contributed by atoms with Gasteiger partial charge in [-0.15, -0.1) is 0 Å². The minimum atomic E-state index is -0.375. The Balaban J connectivity index is 1.77. The van der Waals surface area contributed by atoms with Crippen molar-refractivity contribution in [3.05, 3.63) is 22.9 Å². The average Bonchev–Trinajstić information content (AvgIpc) is 3.13. The molecule has 0 radical (unpaired) electrons. The van der Waals surface area contributed by atoms with Gasteiger partial charge in [-0.2, -0.15) is 0 Å². The SMILES string of the molecule is CNc1cc(N[C@H]2CN(C)C[C@@H]2O)nc2nc3c(c(C)c12)CCC3. The summed E-state index contributed by atoms with van der Waals surface area (Å²) in [4.78, 5) is 11.7. The van der Waals surface area contributed by atoms with Crippen molar-refractivity contribution in [2.45, 2.75) is 38.3 Å². The molecule has 3 heterocycles. The topological polar surface area (TPSA) is 73.3 Å². The molecule has 0 aromatic carbocycles. The molecule has 0 amide bonds. The van der Waals surface area contributed by atoms with E-state index in [0.717, 1.165) is 41.9 Å². The van der Waals surface area contributed by atoms with E-state index in [1.54, 1.807) is 0 Å². The van der Waals surface area contributed by atoms with Gasteiger partial charge in [-0.05, 0) is 44.4 Å². The molecular formula is C18H25N5O. The molecule has 128 valence electrons. The summed E-state index contributed by atoms with van der Waals surface area (Å²) in [6, 6.07) is 2.03. The second-order valence-electron chi connectivity index (χ2n) is 7.06. The van der Waals surface area contributed by atoms with E-state index in [4.69, 9.17) is 9.97 Å². The largest absolute Gasteiger partial charge is 0.390 e. The number of aromatic nitrogens is 2. The lowest BCUT2D eigenvalue weighted by molar-refractivity contribution is 0.174. The Morgan fingerprint density at radius 3 is 2.79 bits per heavy atom. The van der Waals surface area contributed by atoms with Gasteiger partial charge in [-0.1, -0.05) is 0 Å². The molecule has 1 fully saturated rings. The van der Waals surface area contributed by atoms with Gasteiger partial charge in [0.05, 0.1) is 12.1 Å². The van der Waals surface area contributed by atoms with Crippen molar-refractivity contribution < 1.29 is 5.11 Å². The van der Waals surface area contributed by atoms with E-state index in [1.165, 1.54) is 23.2 Å². The first-order valence-electron chi connectivity index (χ1n) is 8.71. The fraction of sp³-hybridized carbons (Fsp3) is 0.556. The summed E-state index contributed by atoms with van der Waals surface area (Å²) in [7, 11) is 3.95. The molecule has 0 unspecified atom stereocenters. The van der Waals surface area contributed by atoms with Gasteiger partial charge >= 0.3 is 0 Å². The van der Waals surface area contributed by atoms with E-state index in [0.29, 0.717) is 6.54 Å². The molecule has 1 saturated heterocycles. The van der Waals surface area contributed by atoms with Gasteiger partial charge in [0.1, 0.15) is 5.82 Å². The highest BCUT2D eigenvalue weighted by molar-refractivity contribution is 5.94. The van der Waals surface area contributed by atoms with E-state index in [-0.39, 0.29) is 12.1 Å². The number of nitrogens with one attached hydrogen (secondary N) is 2. The van der Waals surface area contributed by atoms with Gasteiger partial charge in [0.25, 0.3) is 0 Å². The number of aliphatic hydroxyl groups excluding tert-OH is 1. The second kappa shape index (κ2) is 5.86. The maximum atomic E-state index is 10.2. The predicted molar refractivity (Wildman–Crippen MR) is 96.8 cm³/mol. The number of likely N-dealkylation sites (N-methyl/N-ethyl adjacent to an activating group) is 1. The molecule has 6 nitrogen and oxygen atoms in total. The van der Waals surface area contributed by atoms with Crippen LogP contribution in [0.25, 0.3) is 11.0 Å². The minimum Gasteiger partial charge on any atom is -0.390 e. The van der Waals surface area contributed by atoms with E-state index < -0.39 is 0 Å². The van der Waals surface area contributed by atoms with Gasteiger partial charge in [0.2, 0.25) is 0 Å². The smallest absolute Gasteiger partial charge is 0.164 e. The summed E-state index contributed by atoms with van der Waals surface area (Å²) in [5.74, 6) is 0.774. The molecule has 0 saturated carbocycles. The number of anilines is 2. The fourth-order valence-corrected chi connectivity index (χ4v) is 4.10. The molecular weight excluding hydrogens is 302 g/mol. The number of likely N-dealkylation sites (tertiary alicyclic amines) is 1. The normalized spacial score (nSPS) is 23.7. The van der Waals surface area contributed by atoms with Crippen LogP contribution >= 0.6 is 0 Å². The molecule has 6 heteroatoms. The fourth-order valence-electron chi connectivity index (χ4n) is 4.10. The third-order valence-electron chi connectivity index (χ3n) is 5.33. The highest BCUT2D eigenvalue weighted by atomic mass is 16.3. The first-order chi connectivity index (χ1) is 11.6. The molecule has 0 spiro atoms. The lowest BCUT2D eigenvalue weighted by Gasteiger charge is -2.19. The van der Waals surface area contributed by atoms with Crippen molar-refractivity contribution >= 4 is 22.5 Å². The molecule has 1 aliphatic heterocycles. The molecule has 2 aromatic rings. The standard InChI is InChI=1S/C18H25N5O/c1-10-11-5-4-6-12(11)21-18-17(10)13(19-2)7-16(22-18)20-14-8-23(3)9-15(14)24/h7,14-15,24H,4-6,8-9H2,1-3H3,(H2,19,20,21,22)/t14-,15-/m0/s1. The van der Waals surface area contributed by atoms with Gasteiger partial charge in [-0.3, -0.25) is 0 Å². The zero-order valence-corrected chi connectivity index (χ0v) is 14.6. The van der Waals surface area contributed by atoms with Crippen LogP contribution in [-0.4, -0.2) is 59.3 Å². The third-order valence-corrected chi connectivity index (χ3v) is 5.33. The van der Waals surface area contributed by atoms with Crippen LogP contribution in [0.1, 0.15) is 23.2 Å². The molecule has 24 heavy (non-hydrogen) atoms. The van der Waals surface area contributed by atoms with E-state index >= 15 is 0 Å². The Hall–Kier alpha value is -1.92. The zero-order chi connectivity index (χ0) is 16.8. The van der Waals surface area contributed by atoms with Crippen molar-refractivity contribution in [1.82, 2.24) is 14.9 Å². The minimum absolute atomic E-state index is 0.000167. The molecule has 2 aliphatic rings. The molecule has 2 aromatic heterocycles. The first kappa shape index (κ1) is 15.6. The number of fused-ring (bicyclic) bond motifs is 2. The van der Waals surface area contributed by atoms with Crippen molar-refractivity contribution in [2.75, 3.05) is 37.8 Å². The highest BCUT2D eigenvalue weighted by Gasteiger charge is 2.29. The van der Waals surface area contributed by atoms with Gasteiger partial charge in [-0.25, -0.2) is 9.97 Å². The van der Waals surface area contributed by atoms with Crippen LogP contribution in [0.2, 0.25) is 0 Å². The second-order valence-corrected chi connectivity index (χ2v) is 7.06. The maximum Gasteiger partial charge on any atom is 0.164 e. The van der Waals surface area contributed by atoms with Crippen LogP contribution in [0.4, 0.5) is 11.5 Å². The molecule has 3 N–H and O–H groups in total. The maximum absolute atomic E-state index is 10.2. The number of pyridine rings is 2. The van der Waals surface area contributed by atoms with Crippen molar-refractivity contribution in [2.24, 2.45) is 0 Å². The number of rotatable bonds is 3. The Bertz CT molecular complexity index is 791. The third kappa shape index (κ3) is 2.50. The number of hydrogen-bond acceptors (Lipinski definition) is 6.